The maximum Gasteiger partial charge on any atom is 0.268 e. The van der Waals surface area contributed by atoms with Gasteiger partial charge in [-0.1, -0.05) is 37.3 Å². The van der Waals surface area contributed by atoms with E-state index in [0.717, 1.165) is 23.1 Å². The van der Waals surface area contributed by atoms with Crippen molar-refractivity contribution in [2.75, 3.05) is 11.4 Å². The van der Waals surface area contributed by atoms with Gasteiger partial charge in [-0.15, -0.1) is 0 Å². The first-order chi connectivity index (χ1) is 16.4. The highest BCUT2D eigenvalue weighted by atomic mass is 32.2. The summed E-state index contributed by atoms with van der Waals surface area (Å²) in [6, 6.07) is 9.37. The predicted molar refractivity (Wildman–Crippen MR) is 138 cm³/mol. The molecule has 1 atom stereocenters. The molecule has 0 unspecified atom stereocenters. The number of pyridine rings is 1. The molecule has 0 saturated carbocycles. The second kappa shape index (κ2) is 9.07. The molecule has 0 spiro atoms. The first-order valence-electron chi connectivity index (χ1n) is 11.7. The van der Waals surface area contributed by atoms with Crippen molar-refractivity contribution >= 4 is 27.5 Å². The Kier molecular flexibility index (Phi) is 6.44. The van der Waals surface area contributed by atoms with E-state index in [1.54, 1.807) is 18.2 Å². The quantitative estimate of drug-likeness (QED) is 0.661. The minimum absolute atomic E-state index is 0.0157. The van der Waals surface area contributed by atoms with Crippen LogP contribution < -0.4 is 9.62 Å². The van der Waals surface area contributed by atoms with Crippen LogP contribution >= 0.6 is 0 Å². The lowest BCUT2D eigenvalue weighted by atomic mass is 9.97. The number of rotatable bonds is 5. The number of nitrogens with zero attached hydrogens (tertiary/aromatic N) is 2. The van der Waals surface area contributed by atoms with E-state index >= 15 is 0 Å². The SMILES string of the molecule is Cc1cccc(-c2ccc(C(=O)NS(=O)(=O)C3=CC=CCC3=O)c(N3C[C@@H](C)CC3(C)C)n2)c1C. The minimum atomic E-state index is -4.32. The molecule has 1 aromatic carbocycles. The zero-order valence-electron chi connectivity index (χ0n) is 20.8. The van der Waals surface area contributed by atoms with E-state index in [4.69, 9.17) is 4.98 Å². The number of Topliss-reactive ketones (excluding diaryl/α,β-unsaturated/α-hetero) is 1. The molecule has 1 aliphatic carbocycles. The molecule has 184 valence electrons. The molecule has 1 saturated heterocycles. The number of allylic oxidation sites excluding steroid dienone is 4. The third-order valence-corrected chi connectivity index (χ3v) is 8.20. The number of sulfonamides is 1. The molecule has 4 rings (SSSR count). The normalized spacial score (nSPS) is 19.6. The largest absolute Gasteiger partial charge is 0.351 e. The van der Waals surface area contributed by atoms with Gasteiger partial charge < -0.3 is 4.90 Å². The van der Waals surface area contributed by atoms with Crippen molar-refractivity contribution in [1.82, 2.24) is 9.71 Å². The van der Waals surface area contributed by atoms with E-state index < -0.39 is 26.6 Å². The number of amides is 1. The minimum Gasteiger partial charge on any atom is -0.351 e. The lowest BCUT2D eigenvalue weighted by molar-refractivity contribution is -0.114. The number of hydrogen-bond acceptors (Lipinski definition) is 6. The fourth-order valence-electron chi connectivity index (χ4n) is 4.96. The highest BCUT2D eigenvalue weighted by molar-refractivity contribution is 7.95. The number of ketones is 1. The number of anilines is 1. The van der Waals surface area contributed by atoms with Gasteiger partial charge in [-0.05, 0) is 69.4 Å². The molecule has 2 aliphatic rings. The topological polar surface area (TPSA) is 96.4 Å². The van der Waals surface area contributed by atoms with Crippen molar-refractivity contribution in [2.45, 2.75) is 53.0 Å². The van der Waals surface area contributed by atoms with Crippen molar-refractivity contribution in [3.63, 3.8) is 0 Å². The van der Waals surface area contributed by atoms with Crippen LogP contribution in [-0.2, 0) is 14.8 Å². The lowest BCUT2D eigenvalue weighted by Crippen LogP contribution is -2.41. The van der Waals surface area contributed by atoms with Gasteiger partial charge in [-0.3, -0.25) is 9.59 Å². The Morgan fingerprint density at radius 1 is 1.17 bits per heavy atom. The van der Waals surface area contributed by atoms with E-state index in [0.29, 0.717) is 24.0 Å². The molecule has 35 heavy (non-hydrogen) atoms. The number of hydrogen-bond donors (Lipinski definition) is 1. The maximum atomic E-state index is 13.3. The van der Waals surface area contributed by atoms with Gasteiger partial charge in [0, 0.05) is 24.1 Å². The summed E-state index contributed by atoms with van der Waals surface area (Å²) in [6.45, 7) is 11.1. The molecule has 8 heteroatoms. The summed E-state index contributed by atoms with van der Waals surface area (Å²) < 4.78 is 27.8. The molecule has 1 amide bonds. The smallest absolute Gasteiger partial charge is 0.268 e. The summed E-state index contributed by atoms with van der Waals surface area (Å²) in [5.41, 5.74) is 3.79. The van der Waals surface area contributed by atoms with E-state index in [-0.39, 0.29) is 17.5 Å². The number of aromatic nitrogens is 1. The molecule has 2 aromatic rings. The van der Waals surface area contributed by atoms with Crippen LogP contribution in [0.25, 0.3) is 11.3 Å². The van der Waals surface area contributed by atoms with Crippen molar-refractivity contribution in [2.24, 2.45) is 5.92 Å². The van der Waals surface area contributed by atoms with Crippen molar-refractivity contribution in [3.8, 4) is 11.3 Å². The average molecular weight is 494 g/mol. The van der Waals surface area contributed by atoms with E-state index in [2.05, 4.69) is 30.4 Å². The van der Waals surface area contributed by atoms with E-state index in [1.165, 1.54) is 12.2 Å². The molecule has 1 aromatic heterocycles. The van der Waals surface area contributed by atoms with Crippen LogP contribution in [0.4, 0.5) is 5.82 Å². The predicted octanol–water partition coefficient (Wildman–Crippen LogP) is 4.46. The summed E-state index contributed by atoms with van der Waals surface area (Å²) in [5.74, 6) is -0.536. The van der Waals surface area contributed by atoms with E-state index in [1.807, 2.05) is 32.0 Å². The van der Waals surface area contributed by atoms with Crippen molar-refractivity contribution in [1.29, 1.82) is 0 Å². The number of aryl methyl sites for hydroxylation is 1. The summed E-state index contributed by atoms with van der Waals surface area (Å²) in [5, 5.41) is 0. The summed E-state index contributed by atoms with van der Waals surface area (Å²) in [4.78, 5) is 32.1. The number of carbonyl (C=O) groups excluding carboxylic acids is 2. The number of benzene rings is 1. The second-order valence-electron chi connectivity index (χ2n) is 10.1. The number of carbonyl (C=O) groups is 2. The van der Waals surface area contributed by atoms with Crippen LogP contribution in [0, 0.1) is 19.8 Å². The Bertz CT molecular complexity index is 1370. The molecular formula is C27H31N3O4S. The number of nitrogens with one attached hydrogen (secondary N) is 1. The van der Waals surface area contributed by atoms with Gasteiger partial charge in [0.2, 0.25) is 0 Å². The molecule has 2 heterocycles. The van der Waals surface area contributed by atoms with Gasteiger partial charge in [0.15, 0.2) is 5.78 Å². The van der Waals surface area contributed by atoms with Crippen LogP contribution in [-0.4, -0.2) is 37.2 Å². The monoisotopic (exact) mass is 493 g/mol. The summed E-state index contributed by atoms with van der Waals surface area (Å²) in [6.07, 6.45) is 5.19. The van der Waals surface area contributed by atoms with Crippen LogP contribution in [0.5, 0.6) is 0 Å². The Labute approximate surface area is 207 Å². The lowest BCUT2D eigenvalue weighted by Gasteiger charge is -2.34. The third kappa shape index (κ3) is 4.80. The van der Waals surface area contributed by atoms with Gasteiger partial charge in [0.25, 0.3) is 15.9 Å². The first kappa shape index (κ1) is 24.9. The molecule has 7 nitrogen and oxygen atoms in total. The van der Waals surface area contributed by atoms with Crippen molar-refractivity contribution < 1.29 is 18.0 Å². The zero-order valence-corrected chi connectivity index (χ0v) is 21.6. The van der Waals surface area contributed by atoms with Gasteiger partial charge in [-0.25, -0.2) is 18.1 Å². The Hall–Kier alpha value is -3.26. The standard InChI is InChI=1S/C27H31N3O4S/c1-17-15-27(4,5)30(16-17)25-21(13-14-22(28-25)20-10-8-9-18(2)19(20)3)26(32)29-35(33,34)24-12-7-6-11-23(24)31/h6-10,12-14,17H,11,15-16H2,1-5H3,(H,29,32)/t17-/m0/s1. The van der Waals surface area contributed by atoms with Gasteiger partial charge in [-0.2, -0.15) is 0 Å². The fraction of sp³-hybridized carbons (Fsp3) is 0.370. The van der Waals surface area contributed by atoms with Crippen LogP contribution in [0.2, 0.25) is 0 Å². The summed E-state index contributed by atoms with van der Waals surface area (Å²) >= 11 is 0. The first-order valence-corrected chi connectivity index (χ1v) is 13.2. The highest BCUT2D eigenvalue weighted by Crippen LogP contribution is 2.38. The Balaban J connectivity index is 1.80. The molecular weight excluding hydrogens is 462 g/mol. The Morgan fingerprint density at radius 2 is 1.91 bits per heavy atom. The maximum absolute atomic E-state index is 13.3. The van der Waals surface area contributed by atoms with Crippen molar-refractivity contribution in [3.05, 3.63) is 70.2 Å². The molecule has 0 radical (unpaired) electrons. The van der Waals surface area contributed by atoms with Gasteiger partial charge >= 0.3 is 0 Å². The Morgan fingerprint density at radius 3 is 2.57 bits per heavy atom. The van der Waals surface area contributed by atoms with Crippen LogP contribution in [0.3, 0.4) is 0 Å². The zero-order chi connectivity index (χ0) is 25.5. The van der Waals surface area contributed by atoms with Gasteiger partial charge in [0.1, 0.15) is 10.7 Å². The average Bonchev–Trinajstić information content (AvgIpc) is 3.06. The van der Waals surface area contributed by atoms with E-state index in [9.17, 15) is 18.0 Å². The van der Waals surface area contributed by atoms with Crippen LogP contribution in [0.15, 0.2) is 53.5 Å². The van der Waals surface area contributed by atoms with Gasteiger partial charge in [0.05, 0.1) is 11.3 Å². The highest BCUT2D eigenvalue weighted by Gasteiger charge is 2.39. The fourth-order valence-corrected chi connectivity index (χ4v) is 6.07. The summed E-state index contributed by atoms with van der Waals surface area (Å²) in [7, 11) is -4.32. The van der Waals surface area contributed by atoms with Crippen LogP contribution in [0.1, 0.15) is 55.1 Å². The molecule has 1 fully saturated rings. The third-order valence-electron chi connectivity index (χ3n) is 6.81. The molecule has 1 aliphatic heterocycles. The second-order valence-corrected chi connectivity index (χ2v) is 11.7. The molecule has 1 N–H and O–H groups in total. The molecule has 0 bridgehead atoms.